The van der Waals surface area contributed by atoms with Gasteiger partial charge in [-0.3, -0.25) is 0 Å². The van der Waals surface area contributed by atoms with Gasteiger partial charge in [0, 0.05) is 12.8 Å². The van der Waals surface area contributed by atoms with Crippen LogP contribution in [0.4, 0.5) is 0 Å². The molecule has 0 aliphatic carbocycles. The Morgan fingerprint density at radius 3 is 1.67 bits per heavy atom. The molecule has 0 saturated heterocycles. The van der Waals surface area contributed by atoms with Gasteiger partial charge in [-0.05, 0) is 12.8 Å². The van der Waals surface area contributed by atoms with Crippen molar-refractivity contribution < 1.29 is 0 Å². The first-order chi connectivity index (χ1) is 8.91. The van der Waals surface area contributed by atoms with Crippen LogP contribution in [0.2, 0.25) is 0 Å². The molecule has 0 heteroatoms. The Bertz CT molecular complexity index is 343. The lowest BCUT2D eigenvalue weighted by atomic mass is 10.1. The first-order valence-corrected chi connectivity index (χ1v) is 7.29. The van der Waals surface area contributed by atoms with Gasteiger partial charge in [0.1, 0.15) is 0 Å². The van der Waals surface area contributed by atoms with Gasteiger partial charge in [0.05, 0.1) is 12.8 Å². The molecule has 0 N–H and O–H groups in total. The molecule has 0 aromatic rings. The zero-order chi connectivity index (χ0) is 13.3. The molecule has 0 spiro atoms. The summed E-state index contributed by atoms with van der Waals surface area (Å²) >= 11 is 0. The molecular formula is C18H26. The average molecular weight is 242 g/mol. The summed E-state index contributed by atoms with van der Waals surface area (Å²) in [5.41, 5.74) is 0. The zero-order valence-electron chi connectivity index (χ0n) is 12.1. The van der Waals surface area contributed by atoms with E-state index < -0.39 is 0 Å². The van der Waals surface area contributed by atoms with Crippen molar-refractivity contribution in [2.75, 3.05) is 0 Å². The van der Waals surface area contributed by atoms with Crippen molar-refractivity contribution >= 4 is 0 Å². The number of unbranched alkanes of at least 4 members (excludes halogenated alkanes) is 6. The van der Waals surface area contributed by atoms with E-state index in [1.165, 1.54) is 32.1 Å². The van der Waals surface area contributed by atoms with Crippen molar-refractivity contribution in [1.82, 2.24) is 0 Å². The SMILES string of the molecule is CCCC#CCC#CCC#CCCCCCCC. The van der Waals surface area contributed by atoms with Gasteiger partial charge in [-0.2, -0.15) is 0 Å². The maximum absolute atomic E-state index is 3.18. The van der Waals surface area contributed by atoms with Gasteiger partial charge in [0.25, 0.3) is 0 Å². The Balaban J connectivity index is 3.38. The van der Waals surface area contributed by atoms with Gasteiger partial charge in [-0.25, -0.2) is 0 Å². The summed E-state index contributed by atoms with van der Waals surface area (Å²) in [7, 11) is 0. The Morgan fingerprint density at radius 2 is 1.06 bits per heavy atom. The van der Waals surface area contributed by atoms with Gasteiger partial charge < -0.3 is 0 Å². The van der Waals surface area contributed by atoms with Crippen molar-refractivity contribution in [2.24, 2.45) is 0 Å². The third-order valence-corrected chi connectivity index (χ3v) is 2.51. The summed E-state index contributed by atoms with van der Waals surface area (Å²) in [6.45, 7) is 4.38. The van der Waals surface area contributed by atoms with E-state index in [1.54, 1.807) is 0 Å². The molecule has 18 heavy (non-hydrogen) atoms. The molecule has 0 fully saturated rings. The van der Waals surface area contributed by atoms with Crippen LogP contribution in [0.1, 0.15) is 78.1 Å². The van der Waals surface area contributed by atoms with Gasteiger partial charge in [-0.1, -0.05) is 63.2 Å². The lowest BCUT2D eigenvalue weighted by Gasteiger charge is -1.94. The third-order valence-electron chi connectivity index (χ3n) is 2.51. The maximum atomic E-state index is 3.18. The molecular weight excluding hydrogens is 216 g/mol. The predicted octanol–water partition coefficient (Wildman–Crippen LogP) is 4.94. The third kappa shape index (κ3) is 14.7. The highest BCUT2D eigenvalue weighted by molar-refractivity contribution is 5.16. The second kappa shape index (κ2) is 15.7. The molecule has 0 rings (SSSR count). The molecule has 0 atom stereocenters. The molecule has 0 nitrogen and oxygen atoms in total. The Morgan fingerprint density at radius 1 is 0.500 bits per heavy atom. The van der Waals surface area contributed by atoms with Crippen LogP contribution in [-0.4, -0.2) is 0 Å². The van der Waals surface area contributed by atoms with Crippen molar-refractivity contribution in [3.8, 4) is 35.5 Å². The summed E-state index contributed by atoms with van der Waals surface area (Å²) < 4.78 is 0. The van der Waals surface area contributed by atoms with Crippen molar-refractivity contribution in [3.63, 3.8) is 0 Å². The minimum absolute atomic E-state index is 0.693. The van der Waals surface area contributed by atoms with Gasteiger partial charge in [-0.15, -0.1) is 11.8 Å². The van der Waals surface area contributed by atoms with E-state index in [-0.39, 0.29) is 0 Å². The summed E-state index contributed by atoms with van der Waals surface area (Å²) in [5.74, 6) is 18.5. The van der Waals surface area contributed by atoms with Gasteiger partial charge >= 0.3 is 0 Å². The van der Waals surface area contributed by atoms with E-state index in [4.69, 9.17) is 0 Å². The van der Waals surface area contributed by atoms with Crippen LogP contribution >= 0.6 is 0 Å². The smallest absolute Gasteiger partial charge is 0.0702 e. The van der Waals surface area contributed by atoms with Crippen LogP contribution in [-0.2, 0) is 0 Å². The zero-order valence-corrected chi connectivity index (χ0v) is 12.1. The Kier molecular flexibility index (Phi) is 14.5. The second-order valence-electron chi connectivity index (χ2n) is 4.33. The molecule has 0 unspecified atom stereocenters. The van der Waals surface area contributed by atoms with Gasteiger partial charge in [0.2, 0.25) is 0 Å². The highest BCUT2D eigenvalue weighted by Gasteiger charge is 1.85. The molecule has 0 radical (unpaired) electrons. The van der Waals surface area contributed by atoms with E-state index in [2.05, 4.69) is 49.4 Å². The lowest BCUT2D eigenvalue weighted by molar-refractivity contribution is 0.641. The molecule has 0 aliphatic rings. The first-order valence-electron chi connectivity index (χ1n) is 7.29. The second-order valence-corrected chi connectivity index (χ2v) is 4.33. The summed E-state index contributed by atoms with van der Waals surface area (Å²) in [6.07, 6.45) is 11.1. The highest BCUT2D eigenvalue weighted by Crippen LogP contribution is 2.03. The van der Waals surface area contributed by atoms with E-state index >= 15 is 0 Å². The van der Waals surface area contributed by atoms with Crippen LogP contribution in [0.3, 0.4) is 0 Å². The number of hydrogen-bond donors (Lipinski definition) is 0. The summed E-state index contributed by atoms with van der Waals surface area (Å²) in [5, 5.41) is 0. The summed E-state index contributed by atoms with van der Waals surface area (Å²) in [6, 6.07) is 0. The fraction of sp³-hybridized carbons (Fsp3) is 0.667. The molecule has 0 saturated carbocycles. The maximum Gasteiger partial charge on any atom is 0.0702 e. The molecule has 0 heterocycles. The van der Waals surface area contributed by atoms with Crippen molar-refractivity contribution in [1.29, 1.82) is 0 Å². The number of hydrogen-bond acceptors (Lipinski definition) is 0. The van der Waals surface area contributed by atoms with Crippen LogP contribution in [0.5, 0.6) is 0 Å². The van der Waals surface area contributed by atoms with Crippen LogP contribution in [0, 0.1) is 35.5 Å². The highest BCUT2D eigenvalue weighted by atomic mass is 13.9. The molecule has 98 valence electrons. The van der Waals surface area contributed by atoms with Crippen LogP contribution in [0.15, 0.2) is 0 Å². The van der Waals surface area contributed by atoms with Crippen molar-refractivity contribution in [2.45, 2.75) is 78.1 Å². The van der Waals surface area contributed by atoms with E-state index in [9.17, 15) is 0 Å². The monoisotopic (exact) mass is 242 g/mol. The fourth-order valence-corrected chi connectivity index (χ4v) is 1.46. The van der Waals surface area contributed by atoms with Gasteiger partial charge in [0.15, 0.2) is 0 Å². The molecule has 0 aromatic carbocycles. The normalized spacial score (nSPS) is 8.33. The van der Waals surface area contributed by atoms with E-state index in [1.807, 2.05) is 0 Å². The summed E-state index contributed by atoms with van der Waals surface area (Å²) in [4.78, 5) is 0. The Hall–Kier alpha value is -1.32. The van der Waals surface area contributed by atoms with Crippen molar-refractivity contribution in [3.05, 3.63) is 0 Å². The topological polar surface area (TPSA) is 0 Å². The lowest BCUT2D eigenvalue weighted by Crippen LogP contribution is -1.76. The molecule has 0 bridgehead atoms. The van der Waals surface area contributed by atoms with Crippen LogP contribution < -0.4 is 0 Å². The Labute approximate surface area is 114 Å². The largest absolute Gasteiger partial charge is 0.102 e. The average Bonchev–Trinajstić information content (AvgIpc) is 2.39. The van der Waals surface area contributed by atoms with Crippen LogP contribution in [0.25, 0.3) is 0 Å². The molecule has 0 aromatic heterocycles. The quantitative estimate of drug-likeness (QED) is 0.457. The molecule has 0 amide bonds. The van der Waals surface area contributed by atoms with E-state index in [0.29, 0.717) is 12.8 Å². The van der Waals surface area contributed by atoms with E-state index in [0.717, 1.165) is 19.3 Å². The predicted molar refractivity (Wildman–Crippen MR) is 80.8 cm³/mol. The standard InChI is InChI=1S/C18H26/c1-3-5-7-9-11-13-15-17-18-16-14-12-10-8-6-4-2/h3-7,9,11-13,18H2,1-2H3. The first kappa shape index (κ1) is 16.7. The minimum Gasteiger partial charge on any atom is -0.102 e. The molecule has 0 aliphatic heterocycles. The minimum atomic E-state index is 0.693. The fourth-order valence-electron chi connectivity index (χ4n) is 1.46. The number of rotatable bonds is 6.